The van der Waals surface area contributed by atoms with E-state index in [0.717, 1.165) is 36.6 Å². The van der Waals surface area contributed by atoms with E-state index in [-0.39, 0.29) is 24.2 Å². The van der Waals surface area contributed by atoms with Crippen molar-refractivity contribution in [3.05, 3.63) is 42.2 Å². The Kier molecular flexibility index (Phi) is 4.59. The average Bonchev–Trinajstić information content (AvgIpc) is 3.23. The highest BCUT2D eigenvalue weighted by atomic mass is 16.5. The molecule has 3 heterocycles. The third-order valence-electron chi connectivity index (χ3n) is 5.33. The Balaban J connectivity index is 1.31. The molecule has 0 radical (unpaired) electrons. The second kappa shape index (κ2) is 7.06. The van der Waals surface area contributed by atoms with Crippen molar-refractivity contribution in [3.63, 3.8) is 0 Å². The minimum absolute atomic E-state index is 0.00241. The maximum absolute atomic E-state index is 12.8. The first-order valence-corrected chi connectivity index (χ1v) is 9.25. The van der Waals surface area contributed by atoms with Crippen LogP contribution in [0.5, 0.6) is 5.75 Å². The molecule has 1 aromatic heterocycles. The monoisotopic (exact) mass is 368 g/mol. The van der Waals surface area contributed by atoms with E-state index in [1.165, 1.54) is 0 Å². The van der Waals surface area contributed by atoms with Gasteiger partial charge in [-0.2, -0.15) is 5.10 Å². The number of methoxy groups -OCH3 is 1. The van der Waals surface area contributed by atoms with Crippen molar-refractivity contribution in [3.8, 4) is 5.75 Å². The normalized spacial score (nSPS) is 20.1. The summed E-state index contributed by atoms with van der Waals surface area (Å²) in [5.74, 6) is 1.02. The molecule has 2 aliphatic heterocycles. The van der Waals surface area contributed by atoms with E-state index in [2.05, 4.69) is 5.10 Å². The summed E-state index contributed by atoms with van der Waals surface area (Å²) in [5.41, 5.74) is 1.96. The van der Waals surface area contributed by atoms with E-state index in [1.54, 1.807) is 12.0 Å². The Morgan fingerprint density at radius 1 is 1.22 bits per heavy atom. The van der Waals surface area contributed by atoms with Crippen LogP contribution in [0.15, 0.2) is 36.7 Å². The van der Waals surface area contributed by atoms with Gasteiger partial charge in [-0.25, -0.2) is 0 Å². The van der Waals surface area contributed by atoms with E-state index in [0.29, 0.717) is 12.5 Å². The summed E-state index contributed by atoms with van der Waals surface area (Å²) < 4.78 is 7.09. The van der Waals surface area contributed by atoms with Gasteiger partial charge in [0.2, 0.25) is 11.8 Å². The van der Waals surface area contributed by atoms with Crippen molar-refractivity contribution in [2.24, 2.45) is 11.8 Å². The van der Waals surface area contributed by atoms with Crippen LogP contribution in [0.4, 0.5) is 5.69 Å². The average molecular weight is 368 g/mol. The van der Waals surface area contributed by atoms with Gasteiger partial charge in [0.1, 0.15) is 5.75 Å². The number of carbonyl (C=O) groups is 2. The molecule has 1 unspecified atom stereocenters. The highest BCUT2D eigenvalue weighted by Crippen LogP contribution is 2.29. The first-order valence-electron chi connectivity index (χ1n) is 9.25. The predicted octanol–water partition coefficient (Wildman–Crippen LogP) is 1.71. The van der Waals surface area contributed by atoms with Gasteiger partial charge in [-0.1, -0.05) is 0 Å². The number of rotatable bonds is 5. The van der Waals surface area contributed by atoms with Gasteiger partial charge in [-0.05, 0) is 36.8 Å². The summed E-state index contributed by atoms with van der Waals surface area (Å²) in [6.07, 6.45) is 4.15. The van der Waals surface area contributed by atoms with Gasteiger partial charge < -0.3 is 14.5 Å². The van der Waals surface area contributed by atoms with Crippen LogP contribution in [0.3, 0.4) is 0 Å². The number of anilines is 1. The second-order valence-corrected chi connectivity index (χ2v) is 7.45. The maximum atomic E-state index is 12.8. The zero-order chi connectivity index (χ0) is 19.0. The molecule has 27 heavy (non-hydrogen) atoms. The van der Waals surface area contributed by atoms with Crippen molar-refractivity contribution in [1.82, 2.24) is 14.7 Å². The Morgan fingerprint density at radius 2 is 1.96 bits per heavy atom. The molecule has 0 spiro atoms. The summed E-state index contributed by atoms with van der Waals surface area (Å²) in [6.45, 7) is 4.78. The topological polar surface area (TPSA) is 67.7 Å². The Bertz CT molecular complexity index is 839. The largest absolute Gasteiger partial charge is 0.497 e. The minimum atomic E-state index is -0.257. The molecule has 0 bridgehead atoms. The van der Waals surface area contributed by atoms with E-state index in [1.807, 2.05) is 53.2 Å². The molecule has 1 atom stereocenters. The lowest BCUT2D eigenvalue weighted by atomic mass is 9.96. The van der Waals surface area contributed by atoms with Crippen LogP contribution in [-0.2, 0) is 16.1 Å². The van der Waals surface area contributed by atoms with E-state index < -0.39 is 0 Å². The third-order valence-corrected chi connectivity index (χ3v) is 5.33. The molecular weight excluding hydrogens is 344 g/mol. The number of nitrogens with zero attached hydrogens (tertiary/aromatic N) is 4. The lowest BCUT2D eigenvalue weighted by molar-refractivity contribution is -0.142. The number of benzene rings is 1. The smallest absolute Gasteiger partial charge is 0.228 e. The summed E-state index contributed by atoms with van der Waals surface area (Å²) >= 11 is 0. The second-order valence-electron chi connectivity index (χ2n) is 7.45. The minimum Gasteiger partial charge on any atom is -0.497 e. The van der Waals surface area contributed by atoms with Gasteiger partial charge in [0.25, 0.3) is 0 Å². The van der Waals surface area contributed by atoms with Crippen molar-refractivity contribution >= 4 is 17.5 Å². The standard InChI is InChI=1S/C20H24N4O3/c1-14-8-21-23(9-14)12-15-10-22(11-15)20(26)16-7-19(25)24(13-16)17-3-5-18(27-2)6-4-17/h3-6,8-9,15-16H,7,10-13H2,1-2H3. The Hall–Kier alpha value is -2.83. The summed E-state index contributed by atoms with van der Waals surface area (Å²) in [4.78, 5) is 28.7. The van der Waals surface area contributed by atoms with Gasteiger partial charge in [-0.15, -0.1) is 0 Å². The fraction of sp³-hybridized carbons (Fsp3) is 0.450. The lowest BCUT2D eigenvalue weighted by Crippen LogP contribution is -2.53. The molecule has 142 valence electrons. The first-order chi connectivity index (χ1) is 13.0. The first kappa shape index (κ1) is 17.6. The Morgan fingerprint density at radius 3 is 2.59 bits per heavy atom. The lowest BCUT2D eigenvalue weighted by Gasteiger charge is -2.40. The van der Waals surface area contributed by atoms with Crippen LogP contribution in [0, 0.1) is 18.8 Å². The molecule has 2 amide bonds. The van der Waals surface area contributed by atoms with Crippen LogP contribution < -0.4 is 9.64 Å². The van der Waals surface area contributed by atoms with E-state index in [9.17, 15) is 9.59 Å². The number of hydrogen-bond donors (Lipinski definition) is 0. The number of aromatic nitrogens is 2. The SMILES string of the molecule is COc1ccc(N2CC(C(=O)N3CC(Cn4cc(C)cn4)C3)CC2=O)cc1. The molecule has 0 aliphatic carbocycles. The van der Waals surface area contributed by atoms with Crippen LogP contribution >= 0.6 is 0 Å². The molecule has 7 heteroatoms. The predicted molar refractivity (Wildman–Crippen MR) is 100 cm³/mol. The third kappa shape index (κ3) is 3.54. The molecular formula is C20H24N4O3. The van der Waals surface area contributed by atoms with Gasteiger partial charge in [0.05, 0.1) is 19.2 Å². The molecule has 0 N–H and O–H groups in total. The molecule has 0 saturated carbocycles. The molecule has 7 nitrogen and oxygen atoms in total. The van der Waals surface area contributed by atoms with Crippen molar-refractivity contribution in [2.45, 2.75) is 19.9 Å². The van der Waals surface area contributed by atoms with Crippen LogP contribution in [-0.4, -0.2) is 53.2 Å². The molecule has 4 rings (SSSR count). The molecule has 1 aromatic carbocycles. The van der Waals surface area contributed by atoms with Crippen molar-refractivity contribution in [2.75, 3.05) is 31.6 Å². The zero-order valence-corrected chi connectivity index (χ0v) is 15.7. The van der Waals surface area contributed by atoms with Gasteiger partial charge >= 0.3 is 0 Å². The van der Waals surface area contributed by atoms with Crippen LogP contribution in [0.1, 0.15) is 12.0 Å². The van der Waals surface area contributed by atoms with Crippen molar-refractivity contribution in [1.29, 1.82) is 0 Å². The fourth-order valence-corrected chi connectivity index (χ4v) is 3.84. The summed E-state index contributed by atoms with van der Waals surface area (Å²) in [6, 6.07) is 7.37. The van der Waals surface area contributed by atoms with E-state index >= 15 is 0 Å². The van der Waals surface area contributed by atoms with Gasteiger partial charge in [-0.3, -0.25) is 14.3 Å². The van der Waals surface area contributed by atoms with Gasteiger partial charge in [0.15, 0.2) is 0 Å². The van der Waals surface area contributed by atoms with Gasteiger partial charge in [0, 0.05) is 50.4 Å². The van der Waals surface area contributed by atoms with Crippen molar-refractivity contribution < 1.29 is 14.3 Å². The summed E-state index contributed by atoms with van der Waals surface area (Å²) in [7, 11) is 1.61. The summed E-state index contributed by atoms with van der Waals surface area (Å²) in [5, 5.41) is 4.30. The number of ether oxygens (including phenoxy) is 1. The quantitative estimate of drug-likeness (QED) is 0.806. The fourth-order valence-electron chi connectivity index (χ4n) is 3.84. The molecule has 2 fully saturated rings. The maximum Gasteiger partial charge on any atom is 0.228 e. The van der Waals surface area contributed by atoms with Crippen LogP contribution in [0.2, 0.25) is 0 Å². The highest BCUT2D eigenvalue weighted by molar-refractivity contribution is 6.00. The number of carbonyl (C=O) groups excluding carboxylic acids is 2. The zero-order valence-electron chi connectivity index (χ0n) is 15.7. The molecule has 2 aliphatic rings. The van der Waals surface area contributed by atoms with E-state index in [4.69, 9.17) is 4.74 Å². The molecule has 2 aromatic rings. The number of likely N-dealkylation sites (tertiary alicyclic amines) is 1. The molecule has 2 saturated heterocycles. The number of amides is 2. The Labute approximate surface area is 158 Å². The van der Waals surface area contributed by atoms with Crippen LogP contribution in [0.25, 0.3) is 0 Å². The number of hydrogen-bond acceptors (Lipinski definition) is 4. The highest BCUT2D eigenvalue weighted by Gasteiger charge is 2.40. The number of aryl methyl sites for hydroxylation is 1.